The summed E-state index contributed by atoms with van der Waals surface area (Å²) in [5.41, 5.74) is 6.18. The first-order valence-corrected chi connectivity index (χ1v) is 13.6. The third kappa shape index (κ3) is 2.65. The summed E-state index contributed by atoms with van der Waals surface area (Å²) in [6.45, 7) is 0. The number of aromatic nitrogens is 2. The van der Waals surface area contributed by atoms with Crippen LogP contribution in [0, 0.1) is 0 Å². The van der Waals surface area contributed by atoms with Gasteiger partial charge in [0.15, 0.2) is 0 Å². The summed E-state index contributed by atoms with van der Waals surface area (Å²) in [6.07, 6.45) is 0. The molecule has 35 heavy (non-hydrogen) atoms. The summed E-state index contributed by atoms with van der Waals surface area (Å²) >= 11 is 0.272. The van der Waals surface area contributed by atoms with Gasteiger partial charge < -0.3 is 0 Å². The molecule has 0 aliphatic carbocycles. The van der Waals surface area contributed by atoms with E-state index in [4.69, 9.17) is 0 Å². The molecular formula is C32H20N2Se. The summed E-state index contributed by atoms with van der Waals surface area (Å²) in [7, 11) is 0. The van der Waals surface area contributed by atoms with E-state index in [1.54, 1.807) is 0 Å². The van der Waals surface area contributed by atoms with Crippen LogP contribution in [0.1, 0.15) is 0 Å². The molecule has 0 saturated heterocycles. The van der Waals surface area contributed by atoms with Gasteiger partial charge in [-0.3, -0.25) is 0 Å². The van der Waals surface area contributed by atoms with Crippen LogP contribution in [-0.4, -0.2) is 23.6 Å². The van der Waals surface area contributed by atoms with Gasteiger partial charge in [0.05, 0.1) is 0 Å². The molecule has 164 valence electrons. The van der Waals surface area contributed by atoms with Gasteiger partial charge in [0.25, 0.3) is 0 Å². The fourth-order valence-corrected chi connectivity index (χ4v) is 8.29. The fraction of sp³-hybridized carbons (Fsp3) is 0. The molecule has 0 unspecified atom stereocenters. The third-order valence-electron chi connectivity index (χ3n) is 7.12. The Kier molecular flexibility index (Phi) is 3.98. The second kappa shape index (κ2) is 7.23. The van der Waals surface area contributed by atoms with Crippen molar-refractivity contribution in [3.05, 3.63) is 121 Å². The van der Waals surface area contributed by atoms with Crippen LogP contribution in [0.5, 0.6) is 0 Å². The fourth-order valence-electron chi connectivity index (χ4n) is 5.67. The van der Waals surface area contributed by atoms with Crippen LogP contribution < -0.4 is 0 Å². The Bertz CT molecular complexity index is 2020. The number of hydrogen-bond acceptors (Lipinski definition) is 0. The van der Waals surface area contributed by atoms with Gasteiger partial charge in [-0.25, -0.2) is 0 Å². The molecule has 8 aromatic rings. The second-order valence-electron chi connectivity index (χ2n) is 9.02. The molecule has 0 atom stereocenters. The van der Waals surface area contributed by atoms with E-state index in [0.717, 1.165) is 0 Å². The number of nitrogens with zero attached hydrogens (tertiary/aromatic N) is 2. The average molecular weight is 511 g/mol. The summed E-state index contributed by atoms with van der Waals surface area (Å²) in [6, 6.07) is 44.2. The molecule has 0 aliphatic rings. The van der Waals surface area contributed by atoms with Gasteiger partial charge in [0.1, 0.15) is 0 Å². The van der Waals surface area contributed by atoms with E-state index in [-0.39, 0.29) is 14.5 Å². The Morgan fingerprint density at radius 3 is 1.63 bits per heavy atom. The maximum absolute atomic E-state index is 2.50. The van der Waals surface area contributed by atoms with Crippen LogP contribution in [0.25, 0.3) is 63.5 Å². The van der Waals surface area contributed by atoms with Gasteiger partial charge in [-0.2, -0.15) is 0 Å². The normalized spacial score (nSPS) is 12.0. The first-order valence-electron chi connectivity index (χ1n) is 11.9. The molecule has 0 spiro atoms. The van der Waals surface area contributed by atoms with Crippen molar-refractivity contribution in [3.8, 4) is 11.4 Å². The van der Waals surface area contributed by atoms with Crippen LogP contribution in [0.15, 0.2) is 121 Å². The summed E-state index contributed by atoms with van der Waals surface area (Å²) in [5.74, 6) is 0. The molecule has 0 bridgehead atoms. The summed E-state index contributed by atoms with van der Waals surface area (Å²) in [5, 5.41) is 6.74. The Morgan fingerprint density at radius 2 is 0.943 bits per heavy atom. The first-order chi connectivity index (χ1) is 17.4. The van der Waals surface area contributed by atoms with E-state index < -0.39 is 0 Å². The van der Waals surface area contributed by atoms with Crippen molar-refractivity contribution in [2.45, 2.75) is 0 Å². The SMILES string of the molecule is c1cc(-n2c3ccccc3c3ccccc32)cc(-n2c3ccccc3c3c4ccccc4[se]c32)c1. The van der Waals surface area contributed by atoms with Crippen molar-refractivity contribution in [2.75, 3.05) is 0 Å². The van der Waals surface area contributed by atoms with Gasteiger partial charge in [0, 0.05) is 0 Å². The zero-order chi connectivity index (χ0) is 22.9. The van der Waals surface area contributed by atoms with Crippen LogP contribution in [0.2, 0.25) is 0 Å². The van der Waals surface area contributed by atoms with Crippen molar-refractivity contribution in [1.82, 2.24) is 9.13 Å². The van der Waals surface area contributed by atoms with E-state index in [9.17, 15) is 0 Å². The number of fused-ring (bicyclic) bond motifs is 8. The predicted molar refractivity (Wildman–Crippen MR) is 150 cm³/mol. The van der Waals surface area contributed by atoms with Gasteiger partial charge in [-0.1, -0.05) is 0 Å². The van der Waals surface area contributed by atoms with Gasteiger partial charge in [0.2, 0.25) is 0 Å². The molecule has 0 N–H and O–H groups in total. The minimum absolute atomic E-state index is 0.272. The zero-order valence-electron chi connectivity index (χ0n) is 18.8. The molecule has 0 radical (unpaired) electrons. The maximum atomic E-state index is 2.50. The first kappa shape index (κ1) is 19.3. The molecule has 3 heterocycles. The van der Waals surface area contributed by atoms with Crippen LogP contribution >= 0.6 is 0 Å². The van der Waals surface area contributed by atoms with Crippen molar-refractivity contribution in [2.24, 2.45) is 0 Å². The van der Waals surface area contributed by atoms with E-state index >= 15 is 0 Å². The molecule has 3 heteroatoms. The van der Waals surface area contributed by atoms with Gasteiger partial charge in [-0.05, 0) is 0 Å². The van der Waals surface area contributed by atoms with Crippen molar-refractivity contribution < 1.29 is 0 Å². The van der Waals surface area contributed by atoms with Gasteiger partial charge >= 0.3 is 208 Å². The van der Waals surface area contributed by atoms with Crippen LogP contribution in [-0.2, 0) is 0 Å². The monoisotopic (exact) mass is 512 g/mol. The Labute approximate surface area is 208 Å². The number of benzene rings is 5. The van der Waals surface area contributed by atoms with Crippen molar-refractivity contribution in [3.63, 3.8) is 0 Å². The number of rotatable bonds is 2. The topological polar surface area (TPSA) is 9.86 Å². The van der Waals surface area contributed by atoms with Crippen molar-refractivity contribution >= 4 is 66.6 Å². The molecule has 3 aromatic heterocycles. The third-order valence-corrected chi connectivity index (χ3v) is 9.55. The Balaban J connectivity index is 1.46. The quantitative estimate of drug-likeness (QED) is 0.208. The molecule has 5 aromatic carbocycles. The average Bonchev–Trinajstić information content (AvgIpc) is 3.55. The molecule has 0 saturated carbocycles. The predicted octanol–water partition coefficient (Wildman–Crippen LogP) is 8.09. The van der Waals surface area contributed by atoms with Crippen LogP contribution in [0.3, 0.4) is 0 Å². The molecule has 8 rings (SSSR count). The second-order valence-corrected chi connectivity index (χ2v) is 11.2. The molecule has 0 amide bonds. The minimum atomic E-state index is 0.272. The molecular weight excluding hydrogens is 491 g/mol. The summed E-state index contributed by atoms with van der Waals surface area (Å²) < 4.78 is 7.82. The number of para-hydroxylation sites is 3. The number of hydrogen-bond donors (Lipinski definition) is 0. The van der Waals surface area contributed by atoms with Crippen molar-refractivity contribution in [1.29, 1.82) is 0 Å². The van der Waals surface area contributed by atoms with E-state index in [2.05, 4.69) is 130 Å². The Morgan fingerprint density at radius 1 is 0.429 bits per heavy atom. The van der Waals surface area contributed by atoms with E-state index in [1.807, 2.05) is 0 Å². The van der Waals surface area contributed by atoms with E-state index in [1.165, 1.54) is 63.5 Å². The summed E-state index contributed by atoms with van der Waals surface area (Å²) in [4.78, 5) is 0. The molecule has 0 fully saturated rings. The van der Waals surface area contributed by atoms with E-state index in [0.29, 0.717) is 0 Å². The van der Waals surface area contributed by atoms with Crippen LogP contribution in [0.4, 0.5) is 0 Å². The Hall–Kier alpha value is -4.04. The van der Waals surface area contributed by atoms with Gasteiger partial charge in [-0.15, -0.1) is 0 Å². The molecule has 2 nitrogen and oxygen atoms in total. The zero-order valence-corrected chi connectivity index (χ0v) is 20.6. The molecule has 0 aliphatic heterocycles. The standard InChI is InChI=1S/C32H20N2Se/c1-5-16-27-23(12-1)24-13-2-6-17-28(24)33(27)21-10-9-11-22(20-21)34-29-18-7-3-14-25(29)31-26-15-4-8-19-30(26)35-32(31)34/h1-20H.